The molecule has 0 aliphatic carbocycles. The molecule has 0 unspecified atom stereocenters. The van der Waals surface area contributed by atoms with Crippen molar-refractivity contribution in [3.05, 3.63) is 10.6 Å². The van der Waals surface area contributed by atoms with Crippen molar-refractivity contribution in [1.82, 2.24) is 4.98 Å². The Kier molecular flexibility index (Phi) is 5.94. The zero-order valence-corrected chi connectivity index (χ0v) is 13.7. The van der Waals surface area contributed by atoms with Gasteiger partial charge in [-0.15, -0.1) is 0 Å². The molecule has 1 N–H and O–H groups in total. The summed E-state index contributed by atoms with van der Waals surface area (Å²) in [6.45, 7) is 7.08. The molecule has 20 heavy (non-hydrogen) atoms. The van der Waals surface area contributed by atoms with Gasteiger partial charge in [-0.25, -0.2) is 18.2 Å². The molecular weight excluding hydrogens is 300 g/mol. The van der Waals surface area contributed by atoms with Crippen LogP contribution in [0.5, 0.6) is 0 Å². The van der Waals surface area contributed by atoms with Crippen molar-refractivity contribution in [2.24, 2.45) is 0 Å². The highest BCUT2D eigenvalue weighted by molar-refractivity contribution is 7.92. The number of ether oxygens (including phenoxy) is 1. The van der Waals surface area contributed by atoms with Gasteiger partial charge in [0.25, 0.3) is 0 Å². The molecule has 0 aliphatic rings. The van der Waals surface area contributed by atoms with E-state index >= 15 is 0 Å². The number of aryl methyl sites for hydroxylation is 1. The summed E-state index contributed by atoms with van der Waals surface area (Å²) in [5, 5.41) is 0.203. The molecule has 114 valence electrons. The fraction of sp³-hybridized carbons (Fsp3) is 0.667. The number of unbranched alkanes of at least 4 members (excludes halogenated alkanes) is 1. The minimum absolute atomic E-state index is 0.0495. The minimum atomic E-state index is -3.40. The molecule has 0 fully saturated rings. The first-order valence-electron chi connectivity index (χ1n) is 6.44. The highest BCUT2D eigenvalue weighted by Gasteiger charge is 2.20. The Labute approximate surface area is 123 Å². The number of nitrogens with one attached hydrogen (secondary N) is 1. The first-order valence-corrected chi connectivity index (χ1v) is 8.91. The first-order chi connectivity index (χ1) is 9.25. The van der Waals surface area contributed by atoms with E-state index < -0.39 is 16.0 Å². The maximum Gasteiger partial charge on any atom is 0.350 e. The summed E-state index contributed by atoms with van der Waals surface area (Å²) in [6, 6.07) is 0. The van der Waals surface area contributed by atoms with E-state index in [1.165, 1.54) is 0 Å². The SMILES string of the molecule is CCCCS(=O)(=O)Nc1nc(C)c(C(=O)OC(C)C)s1. The Bertz CT molecular complexity index is 564. The first kappa shape index (κ1) is 16.9. The number of hydrogen-bond donors (Lipinski definition) is 1. The maximum absolute atomic E-state index is 11.8. The molecule has 8 heteroatoms. The fourth-order valence-electron chi connectivity index (χ4n) is 1.42. The van der Waals surface area contributed by atoms with Crippen molar-refractivity contribution < 1.29 is 17.9 Å². The number of carbonyl (C=O) groups is 1. The van der Waals surface area contributed by atoms with Crippen LogP contribution in [-0.4, -0.2) is 31.2 Å². The zero-order valence-electron chi connectivity index (χ0n) is 12.1. The Morgan fingerprint density at radius 1 is 1.45 bits per heavy atom. The molecule has 0 bridgehead atoms. The van der Waals surface area contributed by atoms with Gasteiger partial charge in [0.15, 0.2) is 5.13 Å². The van der Waals surface area contributed by atoms with Gasteiger partial charge in [0.2, 0.25) is 10.0 Å². The maximum atomic E-state index is 11.8. The van der Waals surface area contributed by atoms with Crippen molar-refractivity contribution in [3.63, 3.8) is 0 Å². The van der Waals surface area contributed by atoms with Crippen molar-refractivity contribution in [2.45, 2.75) is 46.6 Å². The Balaban J connectivity index is 2.82. The monoisotopic (exact) mass is 320 g/mol. The predicted molar refractivity (Wildman–Crippen MR) is 79.7 cm³/mol. The van der Waals surface area contributed by atoms with E-state index in [-0.39, 0.29) is 17.0 Å². The summed E-state index contributed by atoms with van der Waals surface area (Å²) in [7, 11) is -3.40. The van der Waals surface area contributed by atoms with Crippen LogP contribution in [0.3, 0.4) is 0 Å². The Morgan fingerprint density at radius 2 is 2.10 bits per heavy atom. The Morgan fingerprint density at radius 3 is 2.65 bits per heavy atom. The van der Waals surface area contributed by atoms with Crippen molar-refractivity contribution in [1.29, 1.82) is 0 Å². The topological polar surface area (TPSA) is 85.4 Å². The zero-order chi connectivity index (χ0) is 15.3. The lowest BCUT2D eigenvalue weighted by Crippen LogP contribution is -2.16. The molecule has 6 nitrogen and oxygen atoms in total. The average molecular weight is 320 g/mol. The molecule has 1 aromatic heterocycles. The third kappa shape index (κ3) is 5.09. The van der Waals surface area contributed by atoms with Gasteiger partial charge in [-0.2, -0.15) is 0 Å². The molecule has 0 spiro atoms. The van der Waals surface area contributed by atoms with Gasteiger partial charge < -0.3 is 4.74 Å². The molecule has 0 aliphatic heterocycles. The number of carbonyl (C=O) groups excluding carboxylic acids is 1. The van der Waals surface area contributed by atoms with Crippen LogP contribution in [0.1, 0.15) is 49.0 Å². The Hall–Kier alpha value is -1.15. The number of anilines is 1. The number of rotatable bonds is 7. The lowest BCUT2D eigenvalue weighted by Gasteiger charge is -2.06. The summed E-state index contributed by atoms with van der Waals surface area (Å²) in [5.74, 6) is -0.428. The third-order valence-electron chi connectivity index (χ3n) is 2.33. The van der Waals surface area contributed by atoms with Crippen molar-refractivity contribution in [2.75, 3.05) is 10.5 Å². The number of hydrogen-bond acceptors (Lipinski definition) is 6. The standard InChI is InChI=1S/C12H20N2O4S2/c1-5-6-7-20(16,17)14-12-13-9(4)10(19-12)11(15)18-8(2)3/h8H,5-7H2,1-4H3,(H,13,14). The van der Waals surface area contributed by atoms with Gasteiger partial charge in [-0.3, -0.25) is 4.72 Å². The van der Waals surface area contributed by atoms with E-state index in [0.717, 1.165) is 17.8 Å². The lowest BCUT2D eigenvalue weighted by molar-refractivity contribution is 0.0382. The van der Waals surface area contributed by atoms with E-state index in [0.29, 0.717) is 17.0 Å². The largest absolute Gasteiger partial charge is 0.459 e. The van der Waals surface area contributed by atoms with Crippen LogP contribution in [0.15, 0.2) is 0 Å². The molecule has 0 aromatic carbocycles. The van der Waals surface area contributed by atoms with Crippen molar-refractivity contribution in [3.8, 4) is 0 Å². The summed E-state index contributed by atoms with van der Waals surface area (Å²) in [5.41, 5.74) is 0.467. The number of sulfonamides is 1. The second-order valence-electron chi connectivity index (χ2n) is 4.66. The van der Waals surface area contributed by atoms with Crippen molar-refractivity contribution >= 4 is 32.5 Å². The summed E-state index contributed by atoms with van der Waals surface area (Å²) in [4.78, 5) is 16.2. The minimum Gasteiger partial charge on any atom is -0.459 e. The van der Waals surface area contributed by atoms with E-state index in [2.05, 4.69) is 9.71 Å². The van der Waals surface area contributed by atoms with Gasteiger partial charge in [-0.05, 0) is 27.2 Å². The normalized spacial score (nSPS) is 11.7. The highest BCUT2D eigenvalue weighted by Crippen LogP contribution is 2.24. The number of thiazole rings is 1. The van der Waals surface area contributed by atoms with Gasteiger partial charge in [-0.1, -0.05) is 24.7 Å². The molecule has 0 saturated heterocycles. The molecule has 0 atom stereocenters. The van der Waals surface area contributed by atoms with E-state index in [9.17, 15) is 13.2 Å². The van der Waals surface area contributed by atoms with Crippen LogP contribution in [0.2, 0.25) is 0 Å². The third-order valence-corrected chi connectivity index (χ3v) is 4.85. The predicted octanol–water partition coefficient (Wildman–Crippen LogP) is 2.56. The summed E-state index contributed by atoms with van der Waals surface area (Å²) < 4.78 is 31.0. The number of nitrogens with zero attached hydrogens (tertiary/aromatic N) is 1. The van der Waals surface area contributed by atoms with Crippen LogP contribution in [-0.2, 0) is 14.8 Å². The van der Waals surface area contributed by atoms with E-state index in [1.807, 2.05) is 6.92 Å². The van der Waals surface area contributed by atoms with Gasteiger partial charge in [0.05, 0.1) is 17.6 Å². The molecule has 0 saturated carbocycles. The molecule has 0 radical (unpaired) electrons. The number of aromatic nitrogens is 1. The van der Waals surface area contributed by atoms with Gasteiger partial charge >= 0.3 is 5.97 Å². The highest BCUT2D eigenvalue weighted by atomic mass is 32.2. The van der Waals surface area contributed by atoms with Gasteiger partial charge in [0.1, 0.15) is 4.88 Å². The summed E-state index contributed by atoms with van der Waals surface area (Å²) >= 11 is 0.994. The van der Waals surface area contributed by atoms with E-state index in [1.54, 1.807) is 20.8 Å². The number of esters is 1. The lowest BCUT2D eigenvalue weighted by atomic mass is 10.4. The average Bonchev–Trinajstić information content (AvgIpc) is 2.66. The molecule has 1 aromatic rings. The smallest absolute Gasteiger partial charge is 0.350 e. The molecule has 1 heterocycles. The quantitative estimate of drug-likeness (QED) is 0.780. The summed E-state index contributed by atoms with van der Waals surface area (Å²) in [6.07, 6.45) is 1.15. The van der Waals surface area contributed by atoms with Crippen LogP contribution in [0.25, 0.3) is 0 Å². The molecule has 0 amide bonds. The van der Waals surface area contributed by atoms with Crippen LogP contribution in [0, 0.1) is 6.92 Å². The second-order valence-corrected chi connectivity index (χ2v) is 7.50. The van der Waals surface area contributed by atoms with Crippen LogP contribution in [0.4, 0.5) is 5.13 Å². The second kappa shape index (κ2) is 7.03. The van der Waals surface area contributed by atoms with Crippen LogP contribution >= 0.6 is 11.3 Å². The molecule has 1 rings (SSSR count). The van der Waals surface area contributed by atoms with Gasteiger partial charge in [0, 0.05) is 0 Å². The van der Waals surface area contributed by atoms with Crippen LogP contribution < -0.4 is 4.72 Å². The molecular formula is C12H20N2O4S2. The van der Waals surface area contributed by atoms with E-state index in [4.69, 9.17) is 4.74 Å². The fourth-order valence-corrected chi connectivity index (χ4v) is 3.75.